The molecule has 1 rings (SSSR count). The maximum absolute atomic E-state index is 11.4. The number of carbonyl (C=O) groups excluding carboxylic acids is 1. The van der Waals surface area contributed by atoms with Gasteiger partial charge in [0, 0.05) is 23.6 Å². The Morgan fingerprint density at radius 2 is 2.44 bits per heavy atom. The second-order valence-electron chi connectivity index (χ2n) is 3.40. The zero-order valence-corrected chi connectivity index (χ0v) is 11.3. The molecule has 5 heteroatoms. The van der Waals surface area contributed by atoms with Crippen LogP contribution in [0.3, 0.4) is 0 Å². The Morgan fingerprint density at radius 1 is 1.69 bits per heavy atom. The lowest BCUT2D eigenvalue weighted by Gasteiger charge is -2.09. The first-order valence-electron chi connectivity index (χ1n) is 4.96. The molecular formula is C11H14BrNO2S. The molecule has 16 heavy (non-hydrogen) atoms. The molecule has 1 unspecified atom stereocenters. The van der Waals surface area contributed by atoms with Gasteiger partial charge in [0.25, 0.3) is 0 Å². The number of aliphatic hydroxyl groups excluding tert-OH is 1. The first-order chi connectivity index (χ1) is 7.61. The molecule has 1 heterocycles. The Kier molecular flexibility index (Phi) is 5.73. The lowest BCUT2D eigenvalue weighted by atomic mass is 10.2. The number of amides is 1. The number of halogens is 1. The van der Waals surface area contributed by atoms with Crippen LogP contribution in [0.5, 0.6) is 0 Å². The summed E-state index contributed by atoms with van der Waals surface area (Å²) in [7, 11) is 0. The van der Waals surface area contributed by atoms with Crippen molar-refractivity contribution in [1.29, 1.82) is 0 Å². The van der Waals surface area contributed by atoms with E-state index in [9.17, 15) is 4.79 Å². The molecule has 0 fully saturated rings. The topological polar surface area (TPSA) is 49.3 Å². The van der Waals surface area contributed by atoms with E-state index in [2.05, 4.69) is 21.2 Å². The molecule has 0 bridgehead atoms. The van der Waals surface area contributed by atoms with Crippen molar-refractivity contribution in [2.24, 2.45) is 0 Å². The van der Waals surface area contributed by atoms with Gasteiger partial charge in [-0.3, -0.25) is 4.79 Å². The SMILES string of the molecule is CC(CCO)NC(=O)/C=C/c1ccc(Br)s1. The third kappa shape index (κ3) is 4.92. The Balaban J connectivity index is 2.42. The van der Waals surface area contributed by atoms with Crippen LogP contribution >= 0.6 is 27.3 Å². The van der Waals surface area contributed by atoms with Gasteiger partial charge in [0.05, 0.1) is 3.79 Å². The van der Waals surface area contributed by atoms with Gasteiger partial charge in [-0.1, -0.05) is 0 Å². The minimum atomic E-state index is -0.134. The number of hydrogen-bond acceptors (Lipinski definition) is 3. The Labute approximate surface area is 107 Å². The molecule has 3 nitrogen and oxygen atoms in total. The van der Waals surface area contributed by atoms with Crippen LogP contribution in [0, 0.1) is 0 Å². The van der Waals surface area contributed by atoms with Crippen molar-refractivity contribution in [1.82, 2.24) is 5.32 Å². The maximum atomic E-state index is 11.4. The molecule has 0 saturated heterocycles. The highest BCUT2D eigenvalue weighted by Crippen LogP contribution is 2.22. The number of aliphatic hydroxyl groups is 1. The number of rotatable bonds is 5. The molecule has 88 valence electrons. The van der Waals surface area contributed by atoms with Crippen LogP contribution in [0.1, 0.15) is 18.2 Å². The van der Waals surface area contributed by atoms with Crippen molar-refractivity contribution in [2.75, 3.05) is 6.61 Å². The van der Waals surface area contributed by atoms with Crippen molar-refractivity contribution in [2.45, 2.75) is 19.4 Å². The summed E-state index contributed by atoms with van der Waals surface area (Å²) in [5.74, 6) is -0.134. The third-order valence-electron chi connectivity index (χ3n) is 1.94. The van der Waals surface area contributed by atoms with Crippen LogP contribution in [0.4, 0.5) is 0 Å². The molecule has 1 aromatic rings. The fraction of sp³-hybridized carbons (Fsp3) is 0.364. The van der Waals surface area contributed by atoms with Gasteiger partial charge in [-0.25, -0.2) is 0 Å². The average molecular weight is 304 g/mol. The molecular weight excluding hydrogens is 290 g/mol. The van der Waals surface area contributed by atoms with Crippen LogP contribution < -0.4 is 5.32 Å². The second kappa shape index (κ2) is 6.83. The lowest BCUT2D eigenvalue weighted by Crippen LogP contribution is -2.31. The van der Waals surface area contributed by atoms with E-state index >= 15 is 0 Å². The zero-order valence-electron chi connectivity index (χ0n) is 8.94. The van der Waals surface area contributed by atoms with Gasteiger partial charge in [-0.15, -0.1) is 11.3 Å². The molecule has 0 aliphatic rings. The smallest absolute Gasteiger partial charge is 0.244 e. The van der Waals surface area contributed by atoms with Crippen LogP contribution in [0.2, 0.25) is 0 Å². The molecule has 2 N–H and O–H groups in total. The van der Waals surface area contributed by atoms with Crippen molar-refractivity contribution >= 4 is 39.2 Å². The Bertz CT molecular complexity index is 376. The summed E-state index contributed by atoms with van der Waals surface area (Å²) in [4.78, 5) is 12.4. The van der Waals surface area contributed by atoms with Gasteiger partial charge in [0.1, 0.15) is 0 Å². The maximum Gasteiger partial charge on any atom is 0.244 e. The quantitative estimate of drug-likeness (QED) is 0.821. The predicted molar refractivity (Wildman–Crippen MR) is 70.4 cm³/mol. The minimum absolute atomic E-state index is 0.00257. The summed E-state index contributed by atoms with van der Waals surface area (Å²) in [6.45, 7) is 1.95. The normalized spacial score (nSPS) is 12.9. The summed E-state index contributed by atoms with van der Waals surface area (Å²) < 4.78 is 1.04. The standard InChI is InChI=1S/C11H14BrNO2S/c1-8(6-7-14)13-11(15)5-3-9-2-4-10(12)16-9/h2-5,8,14H,6-7H2,1H3,(H,13,15)/b5-3+. The Hall–Kier alpha value is -0.650. The highest BCUT2D eigenvalue weighted by atomic mass is 79.9. The molecule has 0 radical (unpaired) electrons. The van der Waals surface area contributed by atoms with Gasteiger partial charge < -0.3 is 10.4 Å². The van der Waals surface area contributed by atoms with E-state index in [1.54, 1.807) is 17.4 Å². The summed E-state index contributed by atoms with van der Waals surface area (Å²) >= 11 is 4.93. The van der Waals surface area contributed by atoms with Crippen LogP contribution in [-0.2, 0) is 4.79 Å². The molecule has 1 amide bonds. The third-order valence-corrected chi connectivity index (χ3v) is 3.53. The highest BCUT2D eigenvalue weighted by molar-refractivity contribution is 9.11. The average Bonchev–Trinajstić information content (AvgIpc) is 2.61. The highest BCUT2D eigenvalue weighted by Gasteiger charge is 2.03. The predicted octanol–water partition coefficient (Wildman–Crippen LogP) is 2.41. The van der Waals surface area contributed by atoms with E-state index in [-0.39, 0.29) is 18.6 Å². The summed E-state index contributed by atoms with van der Waals surface area (Å²) in [5, 5.41) is 11.5. The van der Waals surface area contributed by atoms with E-state index in [4.69, 9.17) is 5.11 Å². The summed E-state index contributed by atoms with van der Waals surface area (Å²) in [5.41, 5.74) is 0. The van der Waals surface area contributed by atoms with Crippen molar-refractivity contribution in [3.8, 4) is 0 Å². The molecule has 0 aromatic carbocycles. The van der Waals surface area contributed by atoms with Crippen molar-refractivity contribution in [3.05, 3.63) is 26.9 Å². The second-order valence-corrected chi connectivity index (χ2v) is 5.89. The fourth-order valence-electron chi connectivity index (χ4n) is 1.13. The van der Waals surface area contributed by atoms with E-state index in [1.807, 2.05) is 19.1 Å². The largest absolute Gasteiger partial charge is 0.396 e. The first kappa shape index (κ1) is 13.4. The van der Waals surface area contributed by atoms with E-state index in [0.29, 0.717) is 6.42 Å². The minimum Gasteiger partial charge on any atom is -0.396 e. The summed E-state index contributed by atoms with van der Waals surface area (Å²) in [6.07, 6.45) is 3.85. The van der Waals surface area contributed by atoms with E-state index < -0.39 is 0 Å². The zero-order chi connectivity index (χ0) is 12.0. The van der Waals surface area contributed by atoms with E-state index in [0.717, 1.165) is 8.66 Å². The van der Waals surface area contributed by atoms with E-state index in [1.165, 1.54) is 6.08 Å². The van der Waals surface area contributed by atoms with Gasteiger partial charge in [-0.2, -0.15) is 0 Å². The van der Waals surface area contributed by atoms with Crippen molar-refractivity contribution < 1.29 is 9.90 Å². The molecule has 0 spiro atoms. The van der Waals surface area contributed by atoms with Crippen LogP contribution in [0.25, 0.3) is 6.08 Å². The van der Waals surface area contributed by atoms with Gasteiger partial charge in [0.2, 0.25) is 5.91 Å². The van der Waals surface area contributed by atoms with Gasteiger partial charge in [0.15, 0.2) is 0 Å². The van der Waals surface area contributed by atoms with Crippen molar-refractivity contribution in [3.63, 3.8) is 0 Å². The molecule has 0 aliphatic carbocycles. The molecule has 0 saturated carbocycles. The lowest BCUT2D eigenvalue weighted by molar-refractivity contribution is -0.117. The Morgan fingerprint density at radius 3 is 3.00 bits per heavy atom. The fourth-order valence-corrected chi connectivity index (χ4v) is 2.46. The van der Waals surface area contributed by atoms with Crippen LogP contribution in [-0.4, -0.2) is 23.7 Å². The first-order valence-corrected chi connectivity index (χ1v) is 6.57. The molecule has 1 aromatic heterocycles. The molecule has 0 aliphatic heterocycles. The number of hydrogen-bond donors (Lipinski definition) is 2. The van der Waals surface area contributed by atoms with Crippen LogP contribution in [0.15, 0.2) is 22.0 Å². The molecule has 1 atom stereocenters. The number of thiophene rings is 1. The number of carbonyl (C=O) groups is 1. The van der Waals surface area contributed by atoms with Gasteiger partial charge in [-0.05, 0) is 47.5 Å². The number of nitrogens with one attached hydrogen (secondary N) is 1. The summed E-state index contributed by atoms with van der Waals surface area (Å²) in [6, 6.07) is 3.88. The van der Waals surface area contributed by atoms with Gasteiger partial charge >= 0.3 is 0 Å². The monoisotopic (exact) mass is 303 g/mol.